The maximum Gasteiger partial charge on any atom is 0.345 e. The van der Waals surface area contributed by atoms with Crippen LogP contribution in [0.5, 0.6) is 11.5 Å². The van der Waals surface area contributed by atoms with Crippen molar-refractivity contribution in [3.63, 3.8) is 0 Å². The van der Waals surface area contributed by atoms with E-state index >= 15 is 0 Å². The zero-order chi connectivity index (χ0) is 21.5. The number of aromatic carboxylic acids is 1. The topological polar surface area (TPSA) is 113 Å². The van der Waals surface area contributed by atoms with E-state index in [0.717, 1.165) is 18.4 Å². The molecule has 0 spiro atoms. The summed E-state index contributed by atoms with van der Waals surface area (Å²) in [4.78, 5) is 31.3. The predicted octanol–water partition coefficient (Wildman–Crippen LogP) is 4.01. The lowest BCUT2D eigenvalue weighted by Crippen LogP contribution is -2.29. The number of H-pyrrole nitrogens is 1. The van der Waals surface area contributed by atoms with E-state index in [-0.39, 0.29) is 11.3 Å². The highest BCUT2D eigenvalue weighted by atomic mass is 16.5. The normalized spacial score (nSPS) is 15.6. The lowest BCUT2D eigenvalue weighted by molar-refractivity contribution is 0.0691. The Balaban J connectivity index is 2.25. The zero-order valence-corrected chi connectivity index (χ0v) is 17.5. The van der Waals surface area contributed by atoms with Crippen LogP contribution in [0, 0.1) is 12.3 Å². The third-order valence-electron chi connectivity index (χ3n) is 5.50. The van der Waals surface area contributed by atoms with Crippen LogP contribution < -0.4 is 10.3 Å². The minimum Gasteiger partial charge on any atom is -0.506 e. The zero-order valence-electron chi connectivity index (χ0n) is 17.5. The van der Waals surface area contributed by atoms with Gasteiger partial charge in [0.15, 0.2) is 5.56 Å². The molecule has 1 atom stereocenters. The number of carboxylic acids is 1. The summed E-state index contributed by atoms with van der Waals surface area (Å²) in [6.45, 7) is 10.6. The van der Waals surface area contributed by atoms with Gasteiger partial charge in [0.2, 0.25) is 0 Å². The van der Waals surface area contributed by atoms with Gasteiger partial charge in [-0.25, -0.2) is 9.78 Å². The highest BCUT2D eigenvalue weighted by molar-refractivity contribution is 5.92. The van der Waals surface area contributed by atoms with Crippen molar-refractivity contribution in [2.24, 2.45) is 5.41 Å². The molecule has 1 unspecified atom stereocenters. The van der Waals surface area contributed by atoms with Crippen molar-refractivity contribution >= 4 is 5.97 Å². The molecule has 1 aliphatic carbocycles. The Kier molecular flexibility index (Phi) is 5.43. The number of fused-ring (bicyclic) bond motifs is 3. The first-order valence-electron chi connectivity index (χ1n) is 9.92. The first-order valence-corrected chi connectivity index (χ1v) is 9.92. The van der Waals surface area contributed by atoms with E-state index in [1.807, 2.05) is 33.8 Å². The van der Waals surface area contributed by atoms with E-state index in [4.69, 9.17) is 4.74 Å². The van der Waals surface area contributed by atoms with Crippen molar-refractivity contribution in [1.29, 1.82) is 0 Å². The van der Waals surface area contributed by atoms with E-state index in [2.05, 4.69) is 16.9 Å². The molecule has 2 aromatic rings. The standard InChI is InChI=1S/C22H28N2O5/c1-6-7-8-29-14-10-12-9-13(22(3,4)5)15-18(17(12)23-11(14)2)24-20(26)16(19(15)25)21(27)28/h10,13H,6-9H2,1-5H3,(H,27,28)(H2,24,25,26). The number of hydrogen-bond donors (Lipinski definition) is 3. The second kappa shape index (κ2) is 7.54. The van der Waals surface area contributed by atoms with Crippen LogP contribution in [0.1, 0.15) is 73.6 Å². The highest BCUT2D eigenvalue weighted by Crippen LogP contribution is 2.50. The van der Waals surface area contributed by atoms with Gasteiger partial charge in [-0.05, 0) is 42.7 Å². The Bertz CT molecular complexity index is 1020. The van der Waals surface area contributed by atoms with Crippen molar-refractivity contribution in [2.75, 3.05) is 6.61 Å². The molecule has 156 valence electrons. The maximum atomic E-state index is 12.4. The van der Waals surface area contributed by atoms with Gasteiger partial charge >= 0.3 is 5.97 Å². The summed E-state index contributed by atoms with van der Waals surface area (Å²) in [5.41, 5.74) is 1.23. The fourth-order valence-electron chi connectivity index (χ4n) is 3.86. The van der Waals surface area contributed by atoms with Gasteiger partial charge in [0, 0.05) is 5.56 Å². The molecular formula is C22H28N2O5. The number of nitrogens with one attached hydrogen (secondary N) is 1. The number of carboxylic acid groups (broad SMARTS) is 1. The maximum absolute atomic E-state index is 12.4. The summed E-state index contributed by atoms with van der Waals surface area (Å²) in [6.07, 6.45) is 2.54. The van der Waals surface area contributed by atoms with E-state index in [9.17, 15) is 19.8 Å². The summed E-state index contributed by atoms with van der Waals surface area (Å²) >= 11 is 0. The van der Waals surface area contributed by atoms with Crippen LogP contribution >= 0.6 is 0 Å². The Morgan fingerprint density at radius 1 is 1.38 bits per heavy atom. The first kappa shape index (κ1) is 20.9. The fourth-order valence-corrected chi connectivity index (χ4v) is 3.86. The molecule has 2 aromatic heterocycles. The number of aromatic hydroxyl groups is 1. The van der Waals surface area contributed by atoms with Crippen molar-refractivity contribution in [3.05, 3.63) is 38.8 Å². The molecule has 2 heterocycles. The predicted molar refractivity (Wildman–Crippen MR) is 110 cm³/mol. The fraction of sp³-hybridized carbons (Fsp3) is 0.500. The van der Waals surface area contributed by atoms with E-state index in [1.54, 1.807) is 0 Å². The van der Waals surface area contributed by atoms with Gasteiger partial charge in [0.25, 0.3) is 5.56 Å². The van der Waals surface area contributed by atoms with Crippen LogP contribution in [0.25, 0.3) is 11.4 Å². The first-order chi connectivity index (χ1) is 13.6. The van der Waals surface area contributed by atoms with Crippen LogP contribution in [0.15, 0.2) is 10.9 Å². The Labute approximate surface area is 169 Å². The van der Waals surface area contributed by atoms with Crippen molar-refractivity contribution in [3.8, 4) is 22.9 Å². The van der Waals surface area contributed by atoms with Crippen LogP contribution in [0.4, 0.5) is 0 Å². The number of pyridine rings is 2. The molecule has 0 aromatic carbocycles. The van der Waals surface area contributed by atoms with Crippen molar-refractivity contribution < 1.29 is 19.7 Å². The van der Waals surface area contributed by atoms with Gasteiger partial charge in [0.1, 0.15) is 11.5 Å². The highest BCUT2D eigenvalue weighted by Gasteiger charge is 2.39. The van der Waals surface area contributed by atoms with Gasteiger partial charge in [-0.3, -0.25) is 4.79 Å². The largest absolute Gasteiger partial charge is 0.506 e. The molecule has 0 saturated heterocycles. The molecule has 29 heavy (non-hydrogen) atoms. The summed E-state index contributed by atoms with van der Waals surface area (Å²) < 4.78 is 5.89. The molecule has 0 fully saturated rings. The molecule has 1 aliphatic rings. The lowest BCUT2D eigenvalue weighted by atomic mass is 9.69. The number of nitrogens with zero attached hydrogens (tertiary/aromatic N) is 1. The Morgan fingerprint density at radius 3 is 2.66 bits per heavy atom. The molecule has 0 radical (unpaired) electrons. The number of carbonyl (C=O) groups is 1. The Hall–Kier alpha value is -2.83. The van der Waals surface area contributed by atoms with Gasteiger partial charge < -0.3 is 19.9 Å². The number of aryl methyl sites for hydroxylation is 1. The van der Waals surface area contributed by atoms with Crippen molar-refractivity contribution in [1.82, 2.24) is 9.97 Å². The molecule has 7 nitrogen and oxygen atoms in total. The number of aromatic nitrogens is 2. The lowest BCUT2D eigenvalue weighted by Gasteiger charge is -2.36. The third-order valence-corrected chi connectivity index (χ3v) is 5.50. The number of unbranched alkanes of at least 4 members (excludes halogenated alkanes) is 1. The minimum atomic E-state index is -1.45. The SMILES string of the molecule is CCCCOc1cc2c(nc1C)-c1[nH]c(=O)c(C(=O)O)c(O)c1C(C(C)(C)C)C2. The van der Waals surface area contributed by atoms with Gasteiger partial charge in [0.05, 0.1) is 23.7 Å². The average molecular weight is 400 g/mol. The van der Waals surface area contributed by atoms with Gasteiger partial charge in [-0.15, -0.1) is 0 Å². The molecule has 0 amide bonds. The molecule has 3 rings (SSSR count). The summed E-state index contributed by atoms with van der Waals surface area (Å²) in [7, 11) is 0. The van der Waals surface area contributed by atoms with Crippen molar-refractivity contribution in [2.45, 2.75) is 59.8 Å². The van der Waals surface area contributed by atoms with Crippen LogP contribution in [0.2, 0.25) is 0 Å². The second-order valence-corrected chi connectivity index (χ2v) is 8.68. The van der Waals surface area contributed by atoms with E-state index < -0.39 is 22.8 Å². The second-order valence-electron chi connectivity index (χ2n) is 8.68. The quantitative estimate of drug-likeness (QED) is 0.654. The molecule has 0 saturated carbocycles. The smallest absolute Gasteiger partial charge is 0.345 e. The minimum absolute atomic E-state index is 0.201. The summed E-state index contributed by atoms with van der Waals surface area (Å²) in [6, 6.07) is 1.95. The number of ether oxygens (including phenoxy) is 1. The van der Waals surface area contributed by atoms with E-state index in [0.29, 0.717) is 41.4 Å². The summed E-state index contributed by atoms with van der Waals surface area (Å²) in [5, 5.41) is 20.2. The molecule has 0 bridgehead atoms. The van der Waals surface area contributed by atoms with Gasteiger partial charge in [-0.2, -0.15) is 0 Å². The number of aromatic amines is 1. The molecular weight excluding hydrogens is 372 g/mol. The van der Waals surface area contributed by atoms with E-state index in [1.165, 1.54) is 0 Å². The molecule has 7 heteroatoms. The van der Waals surface area contributed by atoms with Crippen LogP contribution in [-0.2, 0) is 6.42 Å². The molecule has 3 N–H and O–H groups in total. The van der Waals surface area contributed by atoms with Crippen LogP contribution in [-0.4, -0.2) is 32.8 Å². The summed E-state index contributed by atoms with van der Waals surface area (Å²) in [5.74, 6) is -1.41. The number of hydrogen-bond acceptors (Lipinski definition) is 5. The Morgan fingerprint density at radius 2 is 2.07 bits per heavy atom. The van der Waals surface area contributed by atoms with Crippen LogP contribution in [0.3, 0.4) is 0 Å². The molecule has 0 aliphatic heterocycles. The average Bonchev–Trinajstić information content (AvgIpc) is 2.60. The monoisotopic (exact) mass is 400 g/mol. The number of rotatable bonds is 5. The van der Waals surface area contributed by atoms with Gasteiger partial charge in [-0.1, -0.05) is 34.1 Å². The third kappa shape index (κ3) is 3.73.